The Morgan fingerprint density at radius 3 is 2.95 bits per heavy atom. The Bertz CT molecular complexity index is 574. The van der Waals surface area contributed by atoms with Gasteiger partial charge in [0, 0.05) is 10.7 Å². The van der Waals surface area contributed by atoms with E-state index in [1.54, 1.807) is 0 Å². The van der Waals surface area contributed by atoms with E-state index >= 15 is 0 Å². The lowest BCUT2D eigenvalue weighted by Gasteiger charge is -2.35. The monoisotopic (exact) mass is 301 g/mol. The molecule has 0 saturated heterocycles. The number of benzene rings is 1. The summed E-state index contributed by atoms with van der Waals surface area (Å²) in [5.41, 5.74) is 1.53. The number of hydrogen-bond donors (Lipinski definition) is 1. The Balaban J connectivity index is 1.92. The number of rotatable bonds is 5. The van der Waals surface area contributed by atoms with E-state index < -0.39 is 0 Å². The third-order valence-corrected chi connectivity index (χ3v) is 6.12. The van der Waals surface area contributed by atoms with Gasteiger partial charge in [-0.25, -0.2) is 0 Å². The number of hydrogen-bond acceptors (Lipinski definition) is 2. The predicted molar refractivity (Wildman–Crippen MR) is 94.0 cm³/mol. The summed E-state index contributed by atoms with van der Waals surface area (Å²) in [6.07, 6.45) is 6.98. The van der Waals surface area contributed by atoms with Crippen molar-refractivity contribution in [1.29, 1.82) is 0 Å². The normalized spacial score (nSPS) is 24.3. The van der Waals surface area contributed by atoms with Crippen molar-refractivity contribution in [3.63, 3.8) is 0 Å². The molecule has 0 amide bonds. The third-order valence-electron chi connectivity index (χ3n) is 5.14. The van der Waals surface area contributed by atoms with Crippen LogP contribution in [0.15, 0.2) is 29.6 Å². The number of fused-ring (bicyclic) bond motifs is 1. The summed E-state index contributed by atoms with van der Waals surface area (Å²) in [5, 5.41) is 7.44. The smallest absolute Gasteiger partial charge is 0.0390 e. The van der Waals surface area contributed by atoms with E-state index in [0.29, 0.717) is 6.04 Å². The van der Waals surface area contributed by atoms with Crippen LogP contribution in [0.2, 0.25) is 0 Å². The molecule has 1 nitrogen and oxygen atoms in total. The zero-order chi connectivity index (χ0) is 14.7. The van der Waals surface area contributed by atoms with Crippen molar-refractivity contribution in [2.75, 3.05) is 6.54 Å². The third kappa shape index (κ3) is 3.17. The van der Waals surface area contributed by atoms with Gasteiger partial charge in [0.15, 0.2) is 0 Å². The van der Waals surface area contributed by atoms with Crippen LogP contribution in [0.4, 0.5) is 0 Å². The summed E-state index contributed by atoms with van der Waals surface area (Å²) >= 11 is 1.90. The quantitative estimate of drug-likeness (QED) is 0.739. The summed E-state index contributed by atoms with van der Waals surface area (Å²) in [6.45, 7) is 5.65. The molecule has 0 bridgehead atoms. The van der Waals surface area contributed by atoms with Gasteiger partial charge in [-0.05, 0) is 53.6 Å². The lowest BCUT2D eigenvalue weighted by molar-refractivity contribution is 0.211. The summed E-state index contributed by atoms with van der Waals surface area (Å²) in [5.74, 6) is 1.74. The Labute approximate surface area is 132 Å². The molecule has 21 heavy (non-hydrogen) atoms. The first-order valence-corrected chi connectivity index (χ1v) is 9.41. The number of thiophene rings is 1. The van der Waals surface area contributed by atoms with Crippen molar-refractivity contribution in [3.05, 3.63) is 35.2 Å². The van der Waals surface area contributed by atoms with Gasteiger partial charge in [-0.2, -0.15) is 0 Å². The first-order valence-electron chi connectivity index (χ1n) is 8.53. The minimum absolute atomic E-state index is 0.534. The van der Waals surface area contributed by atoms with Gasteiger partial charge < -0.3 is 5.32 Å². The summed E-state index contributed by atoms with van der Waals surface area (Å²) < 4.78 is 1.49. The minimum atomic E-state index is 0.534. The Morgan fingerprint density at radius 1 is 1.24 bits per heavy atom. The fourth-order valence-electron chi connectivity index (χ4n) is 4.02. The molecule has 2 heteroatoms. The minimum Gasteiger partial charge on any atom is -0.310 e. The number of nitrogens with one attached hydrogen (secondary N) is 1. The van der Waals surface area contributed by atoms with Crippen molar-refractivity contribution in [3.8, 4) is 0 Å². The fourth-order valence-corrected chi connectivity index (χ4v) is 4.97. The van der Waals surface area contributed by atoms with Crippen LogP contribution < -0.4 is 5.32 Å². The SMILES string of the molecule is CCNC(c1cccc2ccsc12)C1CCCC(CC)C1. The highest BCUT2D eigenvalue weighted by molar-refractivity contribution is 7.17. The fraction of sp³-hybridized carbons (Fsp3) is 0.579. The molecule has 0 aliphatic heterocycles. The molecule has 1 fully saturated rings. The summed E-state index contributed by atoms with van der Waals surface area (Å²) in [7, 11) is 0. The average Bonchev–Trinajstić information content (AvgIpc) is 3.01. The van der Waals surface area contributed by atoms with E-state index in [2.05, 4.69) is 48.8 Å². The van der Waals surface area contributed by atoms with Crippen LogP contribution >= 0.6 is 11.3 Å². The van der Waals surface area contributed by atoms with Crippen molar-refractivity contribution >= 4 is 21.4 Å². The predicted octanol–water partition coefficient (Wildman–Crippen LogP) is 5.77. The highest BCUT2D eigenvalue weighted by Gasteiger charge is 2.29. The molecule has 0 spiro atoms. The summed E-state index contributed by atoms with van der Waals surface area (Å²) in [4.78, 5) is 0. The molecule has 1 heterocycles. The standard InChI is InChI=1S/C19H27NS/c1-3-14-7-5-9-16(13-14)18(20-4-2)17-10-6-8-15-11-12-21-19(15)17/h6,8,10-12,14,16,18,20H,3-5,7,9,13H2,1-2H3. The topological polar surface area (TPSA) is 12.0 Å². The molecule has 114 valence electrons. The lowest BCUT2D eigenvalue weighted by atomic mass is 9.75. The molecule has 1 saturated carbocycles. The maximum absolute atomic E-state index is 3.80. The van der Waals surface area contributed by atoms with Gasteiger partial charge in [0.2, 0.25) is 0 Å². The molecule has 0 radical (unpaired) electrons. The Kier molecular flexibility index (Phi) is 4.97. The second-order valence-corrected chi connectivity index (χ2v) is 7.34. The highest BCUT2D eigenvalue weighted by Crippen LogP contribution is 2.41. The zero-order valence-electron chi connectivity index (χ0n) is 13.3. The van der Waals surface area contributed by atoms with Crippen LogP contribution in [-0.4, -0.2) is 6.54 Å². The van der Waals surface area contributed by atoms with E-state index in [1.165, 1.54) is 47.8 Å². The van der Waals surface area contributed by atoms with Gasteiger partial charge >= 0.3 is 0 Å². The first-order chi connectivity index (χ1) is 10.3. The molecule has 1 N–H and O–H groups in total. The van der Waals surface area contributed by atoms with Crippen molar-refractivity contribution < 1.29 is 0 Å². The van der Waals surface area contributed by atoms with Crippen molar-refractivity contribution in [1.82, 2.24) is 5.32 Å². The Morgan fingerprint density at radius 2 is 2.14 bits per heavy atom. The van der Waals surface area contributed by atoms with Crippen LogP contribution in [0, 0.1) is 11.8 Å². The molecule has 3 unspecified atom stereocenters. The van der Waals surface area contributed by atoms with Gasteiger partial charge in [0.1, 0.15) is 0 Å². The van der Waals surface area contributed by atoms with Gasteiger partial charge in [0.25, 0.3) is 0 Å². The van der Waals surface area contributed by atoms with Gasteiger partial charge in [-0.1, -0.05) is 51.3 Å². The molecule has 3 atom stereocenters. The maximum atomic E-state index is 3.80. The molecular weight excluding hydrogens is 274 g/mol. The molecule has 2 aromatic rings. The van der Waals surface area contributed by atoms with Crippen LogP contribution in [0.3, 0.4) is 0 Å². The van der Waals surface area contributed by atoms with Gasteiger partial charge in [-0.15, -0.1) is 11.3 Å². The molecule has 1 aliphatic rings. The van der Waals surface area contributed by atoms with E-state index in [4.69, 9.17) is 0 Å². The van der Waals surface area contributed by atoms with Crippen molar-refractivity contribution in [2.45, 2.75) is 52.0 Å². The van der Waals surface area contributed by atoms with E-state index in [0.717, 1.165) is 18.4 Å². The second kappa shape index (κ2) is 6.93. The van der Waals surface area contributed by atoms with E-state index in [1.807, 2.05) is 11.3 Å². The first kappa shape index (κ1) is 15.1. The van der Waals surface area contributed by atoms with Crippen LogP contribution in [-0.2, 0) is 0 Å². The zero-order valence-corrected chi connectivity index (χ0v) is 14.1. The van der Waals surface area contributed by atoms with Crippen LogP contribution in [0.5, 0.6) is 0 Å². The van der Waals surface area contributed by atoms with E-state index in [-0.39, 0.29) is 0 Å². The maximum Gasteiger partial charge on any atom is 0.0390 e. The van der Waals surface area contributed by atoms with Gasteiger partial charge in [-0.3, -0.25) is 0 Å². The largest absolute Gasteiger partial charge is 0.310 e. The molecule has 1 aromatic heterocycles. The Hall–Kier alpha value is -0.860. The molecule has 1 aromatic carbocycles. The summed E-state index contributed by atoms with van der Waals surface area (Å²) in [6, 6.07) is 9.61. The average molecular weight is 301 g/mol. The second-order valence-electron chi connectivity index (χ2n) is 6.42. The van der Waals surface area contributed by atoms with Crippen LogP contribution in [0.25, 0.3) is 10.1 Å². The van der Waals surface area contributed by atoms with Crippen LogP contribution in [0.1, 0.15) is 57.6 Å². The molecular formula is C19H27NS. The van der Waals surface area contributed by atoms with E-state index in [9.17, 15) is 0 Å². The highest BCUT2D eigenvalue weighted by atomic mass is 32.1. The molecule has 3 rings (SSSR count). The molecule has 1 aliphatic carbocycles. The lowest BCUT2D eigenvalue weighted by Crippen LogP contribution is -2.31. The van der Waals surface area contributed by atoms with Crippen molar-refractivity contribution in [2.24, 2.45) is 11.8 Å². The van der Waals surface area contributed by atoms with Gasteiger partial charge in [0.05, 0.1) is 0 Å².